The van der Waals surface area contributed by atoms with Crippen LogP contribution in [0.5, 0.6) is 0 Å². The average Bonchev–Trinajstić information content (AvgIpc) is 3.16. The zero-order valence-corrected chi connectivity index (χ0v) is 15.8. The van der Waals surface area contributed by atoms with Crippen LogP contribution >= 0.6 is 11.6 Å². The lowest BCUT2D eigenvalue weighted by molar-refractivity contribution is 0.0698. The molecular weight excluding hydrogens is 386 g/mol. The van der Waals surface area contributed by atoms with Crippen LogP contribution in [-0.4, -0.2) is 20.9 Å². The molecule has 4 rings (SSSR count). The maximum absolute atomic E-state index is 12.3. The molecule has 0 amide bonds. The molecule has 0 atom stereocenters. The first kappa shape index (κ1) is 18.5. The Bertz CT molecular complexity index is 1240. The summed E-state index contributed by atoms with van der Waals surface area (Å²) in [5.41, 5.74) is 3.21. The molecule has 29 heavy (non-hydrogen) atoms. The van der Waals surface area contributed by atoms with Crippen LogP contribution in [0.15, 0.2) is 78.9 Å². The number of aromatic carboxylic acids is 1. The van der Waals surface area contributed by atoms with Gasteiger partial charge in [0.1, 0.15) is 11.3 Å². The number of nitrogens with zero attached hydrogens (tertiary/aromatic N) is 3. The van der Waals surface area contributed by atoms with Gasteiger partial charge in [-0.2, -0.15) is 10.4 Å². The maximum atomic E-state index is 12.3. The van der Waals surface area contributed by atoms with Crippen molar-refractivity contribution in [2.45, 2.75) is 0 Å². The van der Waals surface area contributed by atoms with Crippen LogP contribution in [0.3, 0.4) is 0 Å². The minimum absolute atomic E-state index is 0.0706. The summed E-state index contributed by atoms with van der Waals surface area (Å²) in [5, 5.41) is 24.5. The third-order valence-corrected chi connectivity index (χ3v) is 4.73. The molecule has 1 aromatic heterocycles. The number of carboxylic acid groups (broad SMARTS) is 1. The lowest BCUT2D eigenvalue weighted by Crippen LogP contribution is -2.03. The second-order valence-corrected chi connectivity index (χ2v) is 6.76. The van der Waals surface area contributed by atoms with Crippen molar-refractivity contribution in [2.75, 3.05) is 0 Å². The summed E-state index contributed by atoms with van der Waals surface area (Å²) in [6.45, 7) is 0. The van der Waals surface area contributed by atoms with Gasteiger partial charge in [0.25, 0.3) is 0 Å². The Hall–Kier alpha value is -3.88. The highest BCUT2D eigenvalue weighted by Gasteiger charge is 2.26. The van der Waals surface area contributed by atoms with Gasteiger partial charge in [-0.1, -0.05) is 54.1 Å². The molecule has 140 valence electrons. The molecule has 0 radical (unpaired) electrons. The quantitative estimate of drug-likeness (QED) is 0.496. The molecule has 0 aliphatic carbocycles. The average molecular weight is 400 g/mol. The maximum Gasteiger partial charge on any atom is 0.340 e. The van der Waals surface area contributed by atoms with Gasteiger partial charge in [-0.15, -0.1) is 0 Å². The molecule has 0 saturated carbocycles. The Kier molecular flexibility index (Phi) is 4.86. The van der Waals surface area contributed by atoms with Gasteiger partial charge in [-0.25, -0.2) is 9.48 Å². The van der Waals surface area contributed by atoms with Crippen molar-refractivity contribution < 1.29 is 9.90 Å². The van der Waals surface area contributed by atoms with Gasteiger partial charge in [0.15, 0.2) is 0 Å². The summed E-state index contributed by atoms with van der Waals surface area (Å²) in [5.74, 6) is -1.10. The number of halogens is 1. The van der Waals surface area contributed by atoms with Crippen LogP contribution in [0.1, 0.15) is 15.9 Å². The van der Waals surface area contributed by atoms with E-state index in [4.69, 9.17) is 11.6 Å². The van der Waals surface area contributed by atoms with Gasteiger partial charge in [-0.05, 0) is 36.4 Å². The zero-order valence-electron chi connectivity index (χ0n) is 15.1. The third kappa shape index (κ3) is 3.49. The zero-order chi connectivity index (χ0) is 20.4. The minimum Gasteiger partial charge on any atom is -0.478 e. The molecule has 0 aliphatic heterocycles. The summed E-state index contributed by atoms with van der Waals surface area (Å²) in [6, 6.07) is 25.1. The van der Waals surface area contributed by atoms with Gasteiger partial charge in [0, 0.05) is 16.1 Å². The summed E-state index contributed by atoms with van der Waals surface area (Å²) in [7, 11) is 0. The lowest BCUT2D eigenvalue weighted by Gasteiger charge is -2.09. The molecule has 0 aliphatic rings. The first-order valence-corrected chi connectivity index (χ1v) is 9.14. The number of carboxylic acids is 1. The highest BCUT2D eigenvalue weighted by molar-refractivity contribution is 6.30. The van der Waals surface area contributed by atoms with Crippen molar-refractivity contribution in [3.05, 3.63) is 95.0 Å². The fourth-order valence-corrected chi connectivity index (χ4v) is 3.32. The van der Waals surface area contributed by atoms with E-state index in [0.717, 1.165) is 5.56 Å². The molecular formula is C23H14ClN3O2. The Morgan fingerprint density at radius 1 is 0.966 bits per heavy atom. The smallest absolute Gasteiger partial charge is 0.340 e. The third-order valence-electron chi connectivity index (χ3n) is 4.48. The summed E-state index contributed by atoms with van der Waals surface area (Å²) in [4.78, 5) is 12.3. The monoisotopic (exact) mass is 399 g/mol. The number of hydrogen-bond acceptors (Lipinski definition) is 3. The first-order valence-electron chi connectivity index (χ1n) is 8.76. The Morgan fingerprint density at radius 3 is 2.31 bits per heavy atom. The van der Waals surface area contributed by atoms with Crippen molar-refractivity contribution in [3.8, 4) is 34.3 Å². The normalized spacial score (nSPS) is 10.5. The van der Waals surface area contributed by atoms with Gasteiger partial charge in [0.2, 0.25) is 0 Å². The predicted octanol–water partition coefficient (Wildman–Crippen LogP) is 5.43. The summed E-state index contributed by atoms with van der Waals surface area (Å²) < 4.78 is 1.60. The fraction of sp³-hybridized carbons (Fsp3) is 0. The Labute approximate surface area is 172 Å². The Balaban J connectivity index is 2.06. The lowest BCUT2D eigenvalue weighted by atomic mass is 10.0. The largest absolute Gasteiger partial charge is 0.478 e. The van der Waals surface area contributed by atoms with E-state index in [2.05, 4.69) is 11.2 Å². The van der Waals surface area contributed by atoms with E-state index in [1.54, 1.807) is 53.2 Å². The van der Waals surface area contributed by atoms with Crippen LogP contribution in [0.25, 0.3) is 28.2 Å². The summed E-state index contributed by atoms with van der Waals surface area (Å²) in [6.07, 6.45) is 0. The van der Waals surface area contributed by atoms with E-state index in [-0.39, 0.29) is 5.56 Å². The molecule has 0 unspecified atom stereocenters. The SMILES string of the molecule is N#Cc1cccc(-c2nn(-c3ccc(Cl)cc3)c(-c3ccccc3)c2C(=O)O)c1. The van der Waals surface area contributed by atoms with Gasteiger partial charge in [-0.3, -0.25) is 0 Å². The van der Waals surface area contributed by atoms with Crippen molar-refractivity contribution in [1.29, 1.82) is 5.26 Å². The van der Waals surface area contributed by atoms with Crippen molar-refractivity contribution in [1.82, 2.24) is 9.78 Å². The summed E-state index contributed by atoms with van der Waals surface area (Å²) >= 11 is 6.02. The number of nitriles is 1. The topological polar surface area (TPSA) is 78.9 Å². The molecule has 5 nitrogen and oxygen atoms in total. The molecule has 0 saturated heterocycles. The molecule has 4 aromatic rings. The van der Waals surface area contributed by atoms with E-state index < -0.39 is 5.97 Å². The molecule has 0 bridgehead atoms. The number of hydrogen-bond donors (Lipinski definition) is 1. The molecule has 1 heterocycles. The minimum atomic E-state index is -1.10. The number of aromatic nitrogens is 2. The second-order valence-electron chi connectivity index (χ2n) is 6.32. The van der Waals surface area contributed by atoms with Crippen molar-refractivity contribution in [3.63, 3.8) is 0 Å². The molecule has 1 N–H and O–H groups in total. The van der Waals surface area contributed by atoms with Crippen LogP contribution < -0.4 is 0 Å². The first-order chi connectivity index (χ1) is 14.1. The molecule has 3 aromatic carbocycles. The van der Waals surface area contributed by atoms with Crippen LogP contribution in [0.2, 0.25) is 5.02 Å². The van der Waals surface area contributed by atoms with E-state index in [1.165, 1.54) is 0 Å². The highest BCUT2D eigenvalue weighted by Crippen LogP contribution is 2.34. The van der Waals surface area contributed by atoms with Crippen molar-refractivity contribution in [2.24, 2.45) is 0 Å². The number of carbonyl (C=O) groups is 1. The molecule has 0 spiro atoms. The van der Waals surface area contributed by atoms with Gasteiger partial charge < -0.3 is 5.11 Å². The van der Waals surface area contributed by atoms with Gasteiger partial charge >= 0.3 is 5.97 Å². The van der Waals surface area contributed by atoms with Crippen LogP contribution in [0, 0.1) is 11.3 Å². The number of benzene rings is 3. The molecule has 0 fully saturated rings. The van der Waals surface area contributed by atoms with E-state index in [9.17, 15) is 15.2 Å². The standard InChI is InChI=1S/C23H14ClN3O2/c24-18-9-11-19(12-10-18)27-22(16-6-2-1-3-7-16)20(23(28)29)21(26-27)17-8-4-5-15(13-17)14-25/h1-13H,(H,28,29). The predicted molar refractivity (Wildman–Crippen MR) is 111 cm³/mol. The molecule has 6 heteroatoms. The van der Waals surface area contributed by atoms with Crippen molar-refractivity contribution >= 4 is 17.6 Å². The fourth-order valence-electron chi connectivity index (χ4n) is 3.19. The Morgan fingerprint density at radius 2 is 1.66 bits per heavy atom. The highest BCUT2D eigenvalue weighted by atomic mass is 35.5. The van der Waals surface area contributed by atoms with Gasteiger partial charge in [0.05, 0.1) is 23.0 Å². The van der Waals surface area contributed by atoms with Crippen LogP contribution in [0.4, 0.5) is 0 Å². The van der Waals surface area contributed by atoms with E-state index >= 15 is 0 Å². The van der Waals surface area contributed by atoms with E-state index in [0.29, 0.717) is 33.2 Å². The van der Waals surface area contributed by atoms with Crippen LogP contribution in [-0.2, 0) is 0 Å². The van der Waals surface area contributed by atoms with E-state index in [1.807, 2.05) is 30.3 Å². The second kappa shape index (κ2) is 7.63. The number of rotatable bonds is 4.